The number of hydrogen-bond donors (Lipinski definition) is 1. The average Bonchev–Trinajstić information content (AvgIpc) is 3.05. The summed E-state index contributed by atoms with van der Waals surface area (Å²) in [6, 6.07) is 0. The van der Waals surface area contributed by atoms with Crippen LogP contribution in [0.25, 0.3) is 0 Å². The van der Waals surface area contributed by atoms with Crippen LogP contribution in [0, 0.1) is 5.92 Å². The molecule has 0 bridgehead atoms. The molecule has 0 spiro atoms. The standard InChI is InChI=1S/C40H68O6/c1-4-6-24-30-37(41)31-26-21-17-13-8-7-9-14-18-22-27-32-39(43)45-34-38(42)35-46-40(44)33-28-23-19-15-11-10-12-16-20-25-29-36(3)5-2/h7-8,14,17-18,21,26,31,36,38,42H,4-6,9-13,15-16,19-20,22-25,27-30,32-35H2,1-3H3/b8-7-,18-14-,21-17-,31-26+/t36?,38-/m0/s1. The third kappa shape index (κ3) is 32.9. The SMILES string of the molecule is CCCCCC(=O)/C=C/C=C\C/C=C\C/C=C\CCCC(=O)OC[C@H](O)COC(=O)CCCCCCCCCCCCC(C)CC. The van der Waals surface area contributed by atoms with Crippen LogP contribution in [0.15, 0.2) is 48.6 Å². The summed E-state index contributed by atoms with van der Waals surface area (Å²) in [6.45, 7) is 6.44. The topological polar surface area (TPSA) is 89.9 Å². The fourth-order valence-electron chi connectivity index (χ4n) is 4.83. The van der Waals surface area contributed by atoms with E-state index >= 15 is 0 Å². The first-order valence-corrected chi connectivity index (χ1v) is 18.5. The number of aliphatic hydroxyl groups is 1. The van der Waals surface area contributed by atoms with Crippen molar-refractivity contribution >= 4 is 17.7 Å². The molecule has 46 heavy (non-hydrogen) atoms. The van der Waals surface area contributed by atoms with E-state index in [0.29, 0.717) is 19.3 Å². The molecule has 1 unspecified atom stereocenters. The van der Waals surface area contributed by atoms with Gasteiger partial charge >= 0.3 is 11.9 Å². The summed E-state index contributed by atoms with van der Waals surface area (Å²) in [5.41, 5.74) is 0. The molecule has 0 saturated heterocycles. The summed E-state index contributed by atoms with van der Waals surface area (Å²) in [6.07, 6.45) is 37.1. The minimum Gasteiger partial charge on any atom is -0.463 e. The molecule has 0 amide bonds. The molecule has 0 fully saturated rings. The molecule has 0 aromatic heterocycles. The van der Waals surface area contributed by atoms with E-state index in [1.54, 1.807) is 6.08 Å². The highest BCUT2D eigenvalue weighted by molar-refractivity contribution is 5.89. The van der Waals surface area contributed by atoms with Gasteiger partial charge in [-0.05, 0) is 50.5 Å². The van der Waals surface area contributed by atoms with Crippen LogP contribution in [0.2, 0.25) is 0 Å². The van der Waals surface area contributed by atoms with Gasteiger partial charge in [-0.25, -0.2) is 0 Å². The molecule has 6 heteroatoms. The number of aliphatic hydroxyl groups excluding tert-OH is 1. The fraction of sp³-hybridized carbons (Fsp3) is 0.725. The van der Waals surface area contributed by atoms with Crippen molar-refractivity contribution in [2.45, 2.75) is 168 Å². The van der Waals surface area contributed by atoms with Gasteiger partial charge in [0.2, 0.25) is 0 Å². The number of carbonyl (C=O) groups is 3. The Kier molecular flexibility index (Phi) is 32.1. The Morgan fingerprint density at radius 3 is 1.74 bits per heavy atom. The molecule has 0 aliphatic carbocycles. The van der Waals surface area contributed by atoms with E-state index in [2.05, 4.69) is 39.0 Å². The highest BCUT2D eigenvalue weighted by Gasteiger charge is 2.12. The van der Waals surface area contributed by atoms with E-state index in [0.717, 1.165) is 63.7 Å². The zero-order valence-electron chi connectivity index (χ0n) is 29.7. The van der Waals surface area contributed by atoms with Crippen molar-refractivity contribution in [3.05, 3.63) is 48.6 Å². The molecule has 2 atom stereocenters. The maximum absolute atomic E-state index is 11.9. The Hall–Kier alpha value is -2.47. The van der Waals surface area contributed by atoms with Crippen LogP contribution in [-0.2, 0) is 23.9 Å². The Labute approximate surface area is 282 Å². The number of hydrogen-bond acceptors (Lipinski definition) is 6. The zero-order chi connectivity index (χ0) is 33.9. The van der Waals surface area contributed by atoms with Crippen LogP contribution < -0.4 is 0 Å². The summed E-state index contributed by atoms with van der Waals surface area (Å²) in [5, 5.41) is 9.98. The first-order chi connectivity index (χ1) is 22.4. The molecular weight excluding hydrogens is 576 g/mol. The van der Waals surface area contributed by atoms with Gasteiger partial charge < -0.3 is 14.6 Å². The van der Waals surface area contributed by atoms with Crippen LogP contribution >= 0.6 is 0 Å². The molecule has 0 rings (SSSR count). The Balaban J connectivity index is 3.61. The number of esters is 2. The minimum atomic E-state index is -1.00. The number of ketones is 1. The number of ether oxygens (including phenoxy) is 2. The van der Waals surface area contributed by atoms with E-state index in [9.17, 15) is 19.5 Å². The second-order valence-corrected chi connectivity index (χ2v) is 12.6. The molecule has 0 saturated carbocycles. The van der Waals surface area contributed by atoms with Gasteiger partial charge in [0, 0.05) is 19.3 Å². The Morgan fingerprint density at radius 2 is 1.13 bits per heavy atom. The van der Waals surface area contributed by atoms with Crippen molar-refractivity contribution in [1.29, 1.82) is 0 Å². The molecule has 6 nitrogen and oxygen atoms in total. The average molecular weight is 645 g/mol. The lowest BCUT2D eigenvalue weighted by Gasteiger charge is -2.12. The second-order valence-electron chi connectivity index (χ2n) is 12.6. The van der Waals surface area contributed by atoms with Gasteiger partial charge in [-0.2, -0.15) is 0 Å². The first kappa shape index (κ1) is 43.5. The summed E-state index contributed by atoms with van der Waals surface area (Å²) in [7, 11) is 0. The quantitative estimate of drug-likeness (QED) is 0.0258. The van der Waals surface area contributed by atoms with Crippen LogP contribution in [0.1, 0.15) is 162 Å². The van der Waals surface area contributed by atoms with E-state index in [1.807, 2.05) is 24.3 Å². The van der Waals surface area contributed by atoms with Gasteiger partial charge in [0.15, 0.2) is 5.78 Å². The van der Waals surface area contributed by atoms with E-state index in [1.165, 1.54) is 57.8 Å². The fourth-order valence-corrected chi connectivity index (χ4v) is 4.83. The molecule has 0 aromatic rings. The predicted octanol–water partition coefficient (Wildman–Crippen LogP) is 10.5. The molecule has 0 radical (unpaired) electrons. The van der Waals surface area contributed by atoms with Crippen LogP contribution in [0.4, 0.5) is 0 Å². The number of rotatable bonds is 32. The first-order valence-electron chi connectivity index (χ1n) is 18.5. The van der Waals surface area contributed by atoms with E-state index in [4.69, 9.17) is 9.47 Å². The van der Waals surface area contributed by atoms with Gasteiger partial charge in [0.1, 0.15) is 19.3 Å². The van der Waals surface area contributed by atoms with Crippen LogP contribution in [0.3, 0.4) is 0 Å². The normalized spacial score (nSPS) is 13.3. The van der Waals surface area contributed by atoms with Crippen molar-refractivity contribution in [2.75, 3.05) is 13.2 Å². The number of unbranched alkanes of at least 4 members (excludes halogenated alkanes) is 12. The van der Waals surface area contributed by atoms with Crippen LogP contribution in [0.5, 0.6) is 0 Å². The van der Waals surface area contributed by atoms with Gasteiger partial charge in [-0.3, -0.25) is 14.4 Å². The summed E-state index contributed by atoms with van der Waals surface area (Å²) in [4.78, 5) is 35.5. The lowest BCUT2D eigenvalue weighted by Crippen LogP contribution is -2.25. The lowest BCUT2D eigenvalue weighted by atomic mass is 9.99. The van der Waals surface area contributed by atoms with Crippen molar-refractivity contribution in [3.63, 3.8) is 0 Å². The monoisotopic (exact) mass is 645 g/mol. The highest BCUT2D eigenvalue weighted by atomic mass is 16.6. The molecule has 0 aliphatic rings. The summed E-state index contributed by atoms with van der Waals surface area (Å²) in [5.74, 6) is 0.394. The molecular formula is C40H68O6. The summed E-state index contributed by atoms with van der Waals surface area (Å²) < 4.78 is 10.2. The van der Waals surface area contributed by atoms with Crippen molar-refractivity contribution in [2.24, 2.45) is 5.92 Å². The third-order valence-corrected chi connectivity index (χ3v) is 8.08. The highest BCUT2D eigenvalue weighted by Crippen LogP contribution is 2.15. The van der Waals surface area contributed by atoms with E-state index in [-0.39, 0.29) is 37.4 Å². The number of allylic oxidation sites excluding steroid dienone is 8. The second kappa shape index (κ2) is 33.9. The largest absolute Gasteiger partial charge is 0.463 e. The van der Waals surface area contributed by atoms with Crippen molar-refractivity contribution in [1.82, 2.24) is 0 Å². The molecule has 0 aliphatic heterocycles. The molecule has 0 aromatic carbocycles. The van der Waals surface area contributed by atoms with Gasteiger partial charge in [-0.1, -0.05) is 147 Å². The van der Waals surface area contributed by atoms with Gasteiger partial charge in [0.05, 0.1) is 0 Å². The lowest BCUT2D eigenvalue weighted by molar-refractivity contribution is -0.152. The van der Waals surface area contributed by atoms with Gasteiger partial charge in [-0.15, -0.1) is 0 Å². The van der Waals surface area contributed by atoms with E-state index < -0.39 is 6.10 Å². The smallest absolute Gasteiger partial charge is 0.305 e. The Bertz CT molecular complexity index is 856. The predicted molar refractivity (Wildman–Crippen MR) is 192 cm³/mol. The Morgan fingerprint density at radius 1 is 0.609 bits per heavy atom. The van der Waals surface area contributed by atoms with Gasteiger partial charge in [0.25, 0.3) is 0 Å². The number of carbonyl (C=O) groups excluding carboxylic acids is 3. The maximum Gasteiger partial charge on any atom is 0.305 e. The van der Waals surface area contributed by atoms with Crippen LogP contribution in [-0.4, -0.2) is 42.1 Å². The zero-order valence-corrected chi connectivity index (χ0v) is 29.7. The third-order valence-electron chi connectivity index (χ3n) is 8.08. The molecule has 264 valence electrons. The van der Waals surface area contributed by atoms with Crippen molar-refractivity contribution < 1.29 is 29.0 Å². The molecule has 1 N–H and O–H groups in total. The summed E-state index contributed by atoms with van der Waals surface area (Å²) >= 11 is 0. The van der Waals surface area contributed by atoms with Crippen molar-refractivity contribution in [3.8, 4) is 0 Å². The minimum absolute atomic E-state index is 0.148. The maximum atomic E-state index is 11.9. The molecule has 0 heterocycles.